The first-order valence-corrected chi connectivity index (χ1v) is 5.90. The van der Waals surface area contributed by atoms with Crippen LogP contribution in [-0.2, 0) is 18.9 Å². The second kappa shape index (κ2) is 4.33. The highest BCUT2D eigenvalue weighted by atomic mass is 32.2. The van der Waals surface area contributed by atoms with E-state index in [9.17, 15) is 14.4 Å². The highest BCUT2D eigenvalue weighted by molar-refractivity contribution is 7.99. The van der Waals surface area contributed by atoms with Gasteiger partial charge in [-0.2, -0.15) is 0 Å². The predicted molar refractivity (Wildman–Crippen MR) is 64.9 cm³/mol. The van der Waals surface area contributed by atoms with Crippen LogP contribution in [-0.4, -0.2) is 35.9 Å². The molecule has 2 aromatic rings. The Morgan fingerprint density at radius 1 is 1.39 bits per heavy atom. The summed E-state index contributed by atoms with van der Waals surface area (Å²) in [6.07, 6.45) is 0. The molecule has 2 N–H and O–H groups in total. The van der Waals surface area contributed by atoms with Crippen LogP contribution in [0.25, 0.3) is 11.2 Å². The zero-order valence-corrected chi connectivity index (χ0v) is 10.4. The van der Waals surface area contributed by atoms with Gasteiger partial charge in [0.2, 0.25) is 0 Å². The largest absolute Gasteiger partial charge is 0.481 e. The van der Waals surface area contributed by atoms with E-state index < -0.39 is 17.2 Å². The summed E-state index contributed by atoms with van der Waals surface area (Å²) in [5.74, 6) is -1.16. The molecule has 2 rings (SSSR count). The number of nitrogens with one attached hydrogen (secondary N) is 1. The maximum atomic E-state index is 11.8. The number of carboxylic acids is 1. The first-order valence-electron chi connectivity index (χ1n) is 4.92. The molecule has 8 nitrogen and oxygen atoms in total. The van der Waals surface area contributed by atoms with Crippen LogP contribution >= 0.6 is 11.8 Å². The minimum absolute atomic E-state index is 0.173. The van der Waals surface area contributed by atoms with Crippen LogP contribution in [0.15, 0.2) is 14.7 Å². The molecule has 0 atom stereocenters. The van der Waals surface area contributed by atoms with Gasteiger partial charge in [-0.15, -0.1) is 0 Å². The maximum Gasteiger partial charge on any atom is 0.332 e. The summed E-state index contributed by atoms with van der Waals surface area (Å²) in [5.41, 5.74) is -0.556. The Labute approximate surface area is 104 Å². The molecule has 2 aromatic heterocycles. The summed E-state index contributed by atoms with van der Waals surface area (Å²) in [6, 6.07) is 0. The van der Waals surface area contributed by atoms with Gasteiger partial charge in [-0.25, -0.2) is 9.78 Å². The van der Waals surface area contributed by atoms with Gasteiger partial charge in [0.1, 0.15) is 0 Å². The van der Waals surface area contributed by atoms with E-state index in [1.165, 1.54) is 18.7 Å². The molecule has 0 saturated heterocycles. The van der Waals surface area contributed by atoms with Crippen molar-refractivity contribution < 1.29 is 9.90 Å². The molecule has 0 aromatic carbocycles. The fourth-order valence-electron chi connectivity index (χ4n) is 1.50. The first-order chi connectivity index (χ1) is 8.41. The van der Waals surface area contributed by atoms with Crippen molar-refractivity contribution in [3.63, 3.8) is 0 Å². The highest BCUT2D eigenvalue weighted by Crippen LogP contribution is 2.15. The summed E-state index contributed by atoms with van der Waals surface area (Å²) < 4.78 is 2.20. The molecular formula is C9H10N4O4S. The van der Waals surface area contributed by atoms with E-state index in [0.717, 1.165) is 16.3 Å². The fourth-order valence-corrected chi connectivity index (χ4v) is 2.09. The van der Waals surface area contributed by atoms with Gasteiger partial charge in [0.15, 0.2) is 16.3 Å². The van der Waals surface area contributed by atoms with Crippen LogP contribution in [0.1, 0.15) is 0 Å². The number of carbonyl (C=O) groups is 1. The normalized spacial score (nSPS) is 11.0. The lowest BCUT2D eigenvalue weighted by Gasteiger charge is -2.00. The van der Waals surface area contributed by atoms with Gasteiger partial charge in [0, 0.05) is 14.1 Å². The fraction of sp³-hybridized carbons (Fsp3) is 0.333. The van der Waals surface area contributed by atoms with Gasteiger partial charge in [-0.05, 0) is 0 Å². The van der Waals surface area contributed by atoms with Crippen LogP contribution < -0.4 is 11.2 Å². The smallest absolute Gasteiger partial charge is 0.332 e. The number of aryl methyl sites for hydroxylation is 1. The summed E-state index contributed by atoms with van der Waals surface area (Å²) >= 11 is 0.954. The quantitative estimate of drug-likeness (QED) is 0.702. The molecule has 9 heteroatoms. The summed E-state index contributed by atoms with van der Waals surface area (Å²) in [6.45, 7) is 0. The van der Waals surface area contributed by atoms with Crippen molar-refractivity contribution in [3.05, 3.63) is 20.8 Å². The minimum Gasteiger partial charge on any atom is -0.481 e. The van der Waals surface area contributed by atoms with E-state index in [1.54, 1.807) is 0 Å². The van der Waals surface area contributed by atoms with Gasteiger partial charge in [-0.3, -0.25) is 18.7 Å². The number of aromatic amines is 1. The molecule has 2 heterocycles. The van der Waals surface area contributed by atoms with Gasteiger partial charge >= 0.3 is 11.7 Å². The Morgan fingerprint density at radius 2 is 2.06 bits per heavy atom. The Morgan fingerprint density at radius 3 is 2.67 bits per heavy atom. The summed E-state index contributed by atoms with van der Waals surface area (Å²) in [4.78, 5) is 40.7. The second-order valence-electron chi connectivity index (χ2n) is 3.63. The number of hydrogen-bond donors (Lipinski definition) is 2. The summed E-state index contributed by atoms with van der Waals surface area (Å²) in [7, 11) is 2.87. The lowest BCUT2D eigenvalue weighted by Crippen LogP contribution is -2.36. The number of rotatable bonds is 3. The Kier molecular flexibility index (Phi) is 2.99. The van der Waals surface area contributed by atoms with Crippen molar-refractivity contribution in [2.45, 2.75) is 5.16 Å². The molecule has 0 aliphatic carbocycles. The van der Waals surface area contributed by atoms with E-state index >= 15 is 0 Å². The first kappa shape index (κ1) is 12.4. The number of fused-ring (bicyclic) bond motifs is 1. The molecule has 0 fully saturated rings. The van der Waals surface area contributed by atoms with Crippen molar-refractivity contribution in [1.29, 1.82) is 0 Å². The molecule has 0 saturated carbocycles. The van der Waals surface area contributed by atoms with Gasteiger partial charge in [-0.1, -0.05) is 11.8 Å². The average molecular weight is 270 g/mol. The SMILES string of the molecule is Cn1c(=O)c2[nH]c(SCC(=O)O)nc2n(C)c1=O. The van der Waals surface area contributed by atoms with E-state index in [1.807, 2.05) is 0 Å². The molecule has 0 aliphatic rings. The highest BCUT2D eigenvalue weighted by Gasteiger charge is 2.14. The van der Waals surface area contributed by atoms with Crippen LogP contribution in [0.2, 0.25) is 0 Å². The average Bonchev–Trinajstić information content (AvgIpc) is 2.75. The van der Waals surface area contributed by atoms with Gasteiger partial charge in [0.05, 0.1) is 5.75 Å². The Balaban J connectivity index is 2.61. The number of hydrogen-bond acceptors (Lipinski definition) is 5. The number of aliphatic carboxylic acids is 1. The topological polar surface area (TPSA) is 110 Å². The molecule has 18 heavy (non-hydrogen) atoms. The number of nitrogens with zero attached hydrogens (tertiary/aromatic N) is 3. The standard InChI is InChI=1S/C9H10N4O4S/c1-12-6-5(7(16)13(2)9(12)17)10-8(11-6)18-3-4(14)15/h3H2,1-2H3,(H,10,11)(H,14,15). The second-order valence-corrected chi connectivity index (χ2v) is 4.59. The molecule has 0 aliphatic heterocycles. The van der Waals surface area contributed by atoms with Crippen LogP contribution in [0.4, 0.5) is 0 Å². The van der Waals surface area contributed by atoms with Crippen molar-refractivity contribution in [2.24, 2.45) is 14.1 Å². The van der Waals surface area contributed by atoms with E-state index in [-0.39, 0.29) is 16.9 Å². The Hall–Kier alpha value is -2.03. The van der Waals surface area contributed by atoms with E-state index in [4.69, 9.17) is 5.11 Å². The molecule has 96 valence electrons. The number of aromatic nitrogens is 4. The van der Waals surface area contributed by atoms with Gasteiger partial charge in [0.25, 0.3) is 5.56 Å². The van der Waals surface area contributed by atoms with Gasteiger partial charge < -0.3 is 10.1 Å². The molecular weight excluding hydrogens is 260 g/mol. The van der Waals surface area contributed by atoms with E-state index in [0.29, 0.717) is 5.16 Å². The van der Waals surface area contributed by atoms with Crippen molar-refractivity contribution >= 4 is 28.9 Å². The van der Waals surface area contributed by atoms with Crippen LogP contribution in [0.3, 0.4) is 0 Å². The number of H-pyrrole nitrogens is 1. The molecule has 0 bridgehead atoms. The summed E-state index contributed by atoms with van der Waals surface area (Å²) in [5, 5.41) is 8.86. The Bertz CT molecular complexity index is 741. The lowest BCUT2D eigenvalue weighted by atomic mass is 10.5. The maximum absolute atomic E-state index is 11.8. The third kappa shape index (κ3) is 1.92. The van der Waals surface area contributed by atoms with Crippen molar-refractivity contribution in [3.8, 4) is 0 Å². The number of carboxylic acid groups (broad SMARTS) is 1. The van der Waals surface area contributed by atoms with Crippen LogP contribution in [0.5, 0.6) is 0 Å². The molecule has 0 unspecified atom stereocenters. The third-order valence-corrected chi connectivity index (χ3v) is 3.26. The molecule has 0 radical (unpaired) electrons. The third-order valence-electron chi connectivity index (χ3n) is 2.41. The van der Waals surface area contributed by atoms with Crippen molar-refractivity contribution in [1.82, 2.24) is 19.1 Å². The monoisotopic (exact) mass is 270 g/mol. The zero-order chi connectivity index (χ0) is 13.4. The minimum atomic E-state index is -0.984. The lowest BCUT2D eigenvalue weighted by molar-refractivity contribution is -0.133. The molecule has 0 amide bonds. The van der Waals surface area contributed by atoms with E-state index in [2.05, 4.69) is 9.97 Å². The zero-order valence-electron chi connectivity index (χ0n) is 9.63. The molecule has 0 spiro atoms. The predicted octanol–water partition coefficient (Wildman–Crippen LogP) is -0.863. The van der Waals surface area contributed by atoms with Crippen molar-refractivity contribution in [2.75, 3.05) is 5.75 Å². The van der Waals surface area contributed by atoms with Crippen LogP contribution in [0, 0.1) is 0 Å². The number of thioether (sulfide) groups is 1. The number of imidazole rings is 1.